The molecule has 2 aromatic carbocycles. The molecule has 0 saturated heterocycles. The van der Waals surface area contributed by atoms with Gasteiger partial charge in [-0.3, -0.25) is 9.52 Å². The average molecular weight is 491 g/mol. The molecule has 1 heterocycles. The summed E-state index contributed by atoms with van der Waals surface area (Å²) in [5.74, 6) is 0.363. The van der Waals surface area contributed by atoms with Crippen molar-refractivity contribution in [3.8, 4) is 0 Å². The van der Waals surface area contributed by atoms with Gasteiger partial charge in [-0.2, -0.15) is 4.98 Å². The number of halogens is 1. The fourth-order valence-electron chi connectivity index (χ4n) is 3.15. The number of benzene rings is 2. The topological polar surface area (TPSA) is 105 Å². The summed E-state index contributed by atoms with van der Waals surface area (Å²) in [6.45, 7) is 4.09. The highest BCUT2D eigenvalue weighted by atomic mass is 35.5. The van der Waals surface area contributed by atoms with E-state index < -0.39 is 15.9 Å². The van der Waals surface area contributed by atoms with E-state index >= 15 is 0 Å². The number of nitrogens with zero attached hydrogens (tertiary/aromatic N) is 3. The van der Waals surface area contributed by atoms with Crippen LogP contribution >= 0.6 is 11.6 Å². The zero-order valence-corrected chi connectivity index (χ0v) is 20.4. The van der Waals surface area contributed by atoms with Crippen molar-refractivity contribution in [2.75, 3.05) is 11.8 Å². The van der Waals surface area contributed by atoms with Gasteiger partial charge in [0, 0.05) is 19.2 Å². The third-order valence-corrected chi connectivity index (χ3v) is 6.76. The average Bonchev–Trinajstić information content (AvgIpc) is 3.25. The van der Waals surface area contributed by atoms with Crippen molar-refractivity contribution in [2.24, 2.45) is 0 Å². The molecule has 176 valence electrons. The van der Waals surface area contributed by atoms with Crippen LogP contribution in [0.1, 0.15) is 54.3 Å². The first-order valence-corrected chi connectivity index (χ1v) is 12.6. The largest absolute Gasteiger partial charge is 0.337 e. The first-order chi connectivity index (χ1) is 15.7. The third-order valence-electron chi connectivity index (χ3n) is 5.05. The van der Waals surface area contributed by atoms with E-state index in [4.69, 9.17) is 16.1 Å². The van der Waals surface area contributed by atoms with Gasteiger partial charge in [0.2, 0.25) is 5.89 Å². The summed E-state index contributed by atoms with van der Waals surface area (Å²) in [5.41, 5.74) is 1.65. The van der Waals surface area contributed by atoms with Crippen LogP contribution in [0.15, 0.2) is 51.9 Å². The molecule has 0 aliphatic heterocycles. The molecule has 10 heteroatoms. The number of rotatable bonds is 10. The van der Waals surface area contributed by atoms with Gasteiger partial charge in [0.15, 0.2) is 5.82 Å². The van der Waals surface area contributed by atoms with Crippen LogP contribution in [-0.4, -0.2) is 36.4 Å². The van der Waals surface area contributed by atoms with Gasteiger partial charge in [0.05, 0.1) is 22.0 Å². The van der Waals surface area contributed by atoms with Gasteiger partial charge in [0.25, 0.3) is 15.9 Å². The van der Waals surface area contributed by atoms with E-state index in [-0.39, 0.29) is 27.9 Å². The van der Waals surface area contributed by atoms with Crippen LogP contribution < -0.4 is 4.72 Å². The molecule has 8 nitrogen and oxygen atoms in total. The molecule has 0 unspecified atom stereocenters. The van der Waals surface area contributed by atoms with Crippen LogP contribution in [0.2, 0.25) is 5.02 Å². The predicted octanol–water partition coefficient (Wildman–Crippen LogP) is 4.70. The maximum absolute atomic E-state index is 12.9. The Balaban J connectivity index is 1.76. The van der Waals surface area contributed by atoms with Gasteiger partial charge in [-0.15, -0.1) is 0 Å². The van der Waals surface area contributed by atoms with E-state index in [1.165, 1.54) is 23.1 Å². The number of hydrogen-bond donors (Lipinski definition) is 1. The summed E-state index contributed by atoms with van der Waals surface area (Å²) >= 11 is 6.22. The van der Waals surface area contributed by atoms with Crippen LogP contribution in [0.5, 0.6) is 0 Å². The monoisotopic (exact) mass is 490 g/mol. The number of nitrogens with one attached hydrogen (secondary N) is 1. The van der Waals surface area contributed by atoms with Gasteiger partial charge in [-0.25, -0.2) is 8.42 Å². The second kappa shape index (κ2) is 10.8. The molecule has 0 atom stereocenters. The molecule has 0 spiro atoms. The van der Waals surface area contributed by atoms with Gasteiger partial charge >= 0.3 is 0 Å². The van der Waals surface area contributed by atoms with Crippen molar-refractivity contribution in [3.05, 3.63) is 70.3 Å². The number of aryl methyl sites for hydroxylation is 2. The van der Waals surface area contributed by atoms with Crippen LogP contribution in [0.4, 0.5) is 5.69 Å². The molecular weight excluding hydrogens is 464 g/mol. The Labute approximate surface area is 199 Å². The number of carbonyl (C=O) groups is 1. The van der Waals surface area contributed by atoms with Crippen LogP contribution in [0.3, 0.4) is 0 Å². The van der Waals surface area contributed by atoms with Gasteiger partial charge in [-0.1, -0.05) is 49.2 Å². The summed E-state index contributed by atoms with van der Waals surface area (Å²) in [6, 6.07) is 11.3. The maximum Gasteiger partial charge on any atom is 0.261 e. The summed E-state index contributed by atoms with van der Waals surface area (Å²) in [6.07, 6.45) is 3.73. The minimum absolute atomic E-state index is 0.0622. The first-order valence-electron chi connectivity index (χ1n) is 10.7. The van der Waals surface area contributed by atoms with Gasteiger partial charge < -0.3 is 9.42 Å². The number of amides is 1. The van der Waals surface area contributed by atoms with Crippen LogP contribution in [0, 0.1) is 0 Å². The lowest BCUT2D eigenvalue weighted by Gasteiger charge is -2.17. The van der Waals surface area contributed by atoms with E-state index in [9.17, 15) is 13.2 Å². The highest BCUT2D eigenvalue weighted by Crippen LogP contribution is 2.24. The number of sulfonamides is 1. The lowest BCUT2D eigenvalue weighted by molar-refractivity contribution is 0.0769. The van der Waals surface area contributed by atoms with Crippen molar-refractivity contribution in [1.82, 2.24) is 15.0 Å². The smallest absolute Gasteiger partial charge is 0.261 e. The van der Waals surface area contributed by atoms with Crippen LogP contribution in [-0.2, 0) is 29.4 Å². The lowest BCUT2D eigenvalue weighted by Crippen LogP contribution is -2.27. The fourth-order valence-corrected chi connectivity index (χ4v) is 4.43. The van der Waals surface area contributed by atoms with E-state index in [1.54, 1.807) is 19.2 Å². The molecule has 0 radical (unpaired) electrons. The molecule has 1 amide bonds. The normalized spacial score (nSPS) is 11.4. The van der Waals surface area contributed by atoms with E-state index in [0.717, 1.165) is 24.8 Å². The van der Waals surface area contributed by atoms with Crippen molar-refractivity contribution < 1.29 is 17.7 Å². The minimum Gasteiger partial charge on any atom is -0.337 e. The Kier molecular flexibility index (Phi) is 8.10. The van der Waals surface area contributed by atoms with Crippen LogP contribution in [0.25, 0.3) is 0 Å². The van der Waals surface area contributed by atoms with Gasteiger partial charge in [-0.05, 0) is 48.7 Å². The molecule has 0 saturated carbocycles. The Bertz CT molecular complexity index is 1210. The molecular formula is C23H27ClN4O4S. The second-order valence-electron chi connectivity index (χ2n) is 7.67. The molecule has 0 fully saturated rings. The second-order valence-corrected chi connectivity index (χ2v) is 9.76. The van der Waals surface area contributed by atoms with E-state index in [2.05, 4.69) is 21.8 Å². The summed E-state index contributed by atoms with van der Waals surface area (Å²) in [7, 11) is -2.37. The Morgan fingerprint density at radius 2 is 1.88 bits per heavy atom. The number of aromatic nitrogens is 2. The number of unbranched alkanes of at least 4 members (excludes halogenated alkanes) is 1. The molecule has 0 aliphatic rings. The Hall–Kier alpha value is -2.91. The molecule has 0 bridgehead atoms. The van der Waals surface area contributed by atoms with Crippen molar-refractivity contribution in [2.45, 2.75) is 51.0 Å². The first kappa shape index (κ1) is 24.7. The van der Waals surface area contributed by atoms with Crippen molar-refractivity contribution >= 4 is 33.2 Å². The Morgan fingerprint density at radius 1 is 1.15 bits per heavy atom. The highest BCUT2D eigenvalue weighted by Gasteiger charge is 2.22. The standard InChI is InChI=1S/C23H27ClN4O4S/c1-4-6-7-16-8-10-17(11-9-16)27-33(30,31)18-12-13-20(24)19(14-18)23(29)28(3)15-22-25-21(5-2)26-32-22/h8-14,27H,4-7,15H2,1-3H3. The molecule has 1 aromatic heterocycles. The maximum atomic E-state index is 12.9. The molecule has 3 aromatic rings. The molecule has 3 rings (SSSR count). The number of anilines is 1. The van der Waals surface area contributed by atoms with Crippen molar-refractivity contribution in [1.29, 1.82) is 0 Å². The number of hydrogen-bond acceptors (Lipinski definition) is 6. The SMILES string of the molecule is CCCCc1ccc(NS(=O)(=O)c2ccc(Cl)c(C(=O)N(C)Cc3nc(CC)no3)c2)cc1. The molecule has 1 N–H and O–H groups in total. The van der Waals surface area contributed by atoms with Crippen molar-refractivity contribution in [3.63, 3.8) is 0 Å². The molecule has 33 heavy (non-hydrogen) atoms. The Morgan fingerprint density at radius 3 is 2.52 bits per heavy atom. The molecule has 0 aliphatic carbocycles. The summed E-state index contributed by atoms with van der Waals surface area (Å²) in [4.78, 5) is 18.4. The van der Waals surface area contributed by atoms with E-state index in [1.807, 2.05) is 19.1 Å². The number of carbonyl (C=O) groups excluding carboxylic acids is 1. The third kappa shape index (κ3) is 6.33. The summed E-state index contributed by atoms with van der Waals surface area (Å²) in [5, 5.41) is 3.95. The highest BCUT2D eigenvalue weighted by molar-refractivity contribution is 7.92. The quantitative estimate of drug-likeness (QED) is 0.441. The summed E-state index contributed by atoms with van der Waals surface area (Å²) < 4.78 is 33.5. The van der Waals surface area contributed by atoms with E-state index in [0.29, 0.717) is 17.9 Å². The van der Waals surface area contributed by atoms with Gasteiger partial charge in [0.1, 0.15) is 0 Å². The zero-order valence-electron chi connectivity index (χ0n) is 18.8. The lowest BCUT2D eigenvalue weighted by atomic mass is 10.1. The zero-order chi connectivity index (χ0) is 24.0. The predicted molar refractivity (Wildman–Crippen MR) is 127 cm³/mol. The minimum atomic E-state index is -3.92. The fraction of sp³-hybridized carbons (Fsp3) is 0.348.